The molecule has 4 saturated heterocycles. The summed E-state index contributed by atoms with van der Waals surface area (Å²) in [5.74, 6) is -2.16. The molecule has 0 saturated carbocycles. The number of ether oxygens (including phenoxy) is 4. The molecular weight excluding hydrogens is 624 g/mol. The number of fused-ring (bicyclic) bond motifs is 6. The molecule has 9 nitrogen and oxygen atoms in total. The van der Waals surface area contributed by atoms with Gasteiger partial charge in [0.1, 0.15) is 12.2 Å². The Morgan fingerprint density at radius 1 is 0.694 bits per heavy atom. The van der Waals surface area contributed by atoms with Crippen molar-refractivity contribution in [1.29, 1.82) is 0 Å². The molecule has 49 heavy (non-hydrogen) atoms. The zero-order valence-corrected chi connectivity index (χ0v) is 30.8. The lowest BCUT2D eigenvalue weighted by atomic mass is 9.69. The van der Waals surface area contributed by atoms with Gasteiger partial charge in [-0.15, -0.1) is 0 Å². The van der Waals surface area contributed by atoms with Gasteiger partial charge in [-0.05, 0) is 150 Å². The Bertz CT molecular complexity index is 1320. The Labute approximate surface area is 293 Å². The number of hydrogen-bond acceptors (Lipinski definition) is 9. The van der Waals surface area contributed by atoms with Crippen LogP contribution in [0.2, 0.25) is 0 Å². The molecule has 4 fully saturated rings. The fourth-order valence-electron chi connectivity index (χ4n) is 9.43. The van der Waals surface area contributed by atoms with Crippen molar-refractivity contribution in [2.24, 2.45) is 17.8 Å². The summed E-state index contributed by atoms with van der Waals surface area (Å²) in [5.41, 5.74) is -2.18. The Hall–Kier alpha value is -1.78. The standard InChI is InChI=1S/C40H62O9/c1-25-9-7-18-36(3,43)32-23-27(15-20-38(5)30(48-38)13-11-25)29(34(41)46-32)17-22-40(45)28-16-21-39(6)31(49-39)14-12-26(2)10-8-19-37(4,44)33(24-28)47-35(40)42/h9-10,27-33,43-45H,7-8,11-24H2,1-6H3/b25-9+,26-10+/t27-,28-,29?,30+,31+,32+,33+,36+,37+,38+,39+,40?/m1/s1. The average Bonchev–Trinajstić information content (AvgIpc) is 3.90. The molecule has 2 unspecified atom stereocenters. The van der Waals surface area contributed by atoms with E-state index >= 15 is 0 Å². The number of allylic oxidation sites excluding steroid dienone is 4. The van der Waals surface area contributed by atoms with Gasteiger partial charge in [-0.2, -0.15) is 0 Å². The highest BCUT2D eigenvalue weighted by atomic mass is 16.6. The molecule has 0 aromatic carbocycles. The molecular formula is C40H62O9. The summed E-state index contributed by atoms with van der Waals surface area (Å²) < 4.78 is 24.3. The number of esters is 2. The van der Waals surface area contributed by atoms with Crippen LogP contribution in [0, 0.1) is 17.8 Å². The van der Waals surface area contributed by atoms with Crippen LogP contribution in [-0.4, -0.2) is 79.7 Å². The second-order valence-electron chi connectivity index (χ2n) is 17.7. The van der Waals surface area contributed by atoms with Crippen LogP contribution < -0.4 is 0 Å². The highest BCUT2D eigenvalue weighted by molar-refractivity contribution is 5.81. The Morgan fingerprint density at radius 2 is 1.22 bits per heavy atom. The summed E-state index contributed by atoms with van der Waals surface area (Å²) in [5, 5.41) is 35.3. The SMILES string of the molecule is C/C1=C\CC[C@](C)(O)[C@@H]2C[C@@H](CC[C@]3(C)O[C@H]3CC1)C(CCC1(O)C(=O)O[C@H]3C[C@H]1CC[C@]1(C)O[C@H]1CC/C(C)=C/CC[C@]3(C)O)C(=O)O2. The minimum Gasteiger partial charge on any atom is -0.459 e. The molecule has 6 rings (SSSR count). The van der Waals surface area contributed by atoms with Crippen molar-refractivity contribution < 1.29 is 43.9 Å². The summed E-state index contributed by atoms with van der Waals surface area (Å²) in [6, 6.07) is 0. The number of hydrogen-bond donors (Lipinski definition) is 3. The van der Waals surface area contributed by atoms with Crippen molar-refractivity contribution >= 4 is 11.9 Å². The Kier molecular flexibility index (Phi) is 10.3. The van der Waals surface area contributed by atoms with Crippen molar-refractivity contribution in [2.45, 2.75) is 197 Å². The van der Waals surface area contributed by atoms with Crippen molar-refractivity contribution in [3.8, 4) is 0 Å². The molecule has 6 aliphatic rings. The van der Waals surface area contributed by atoms with Gasteiger partial charge < -0.3 is 34.3 Å². The minimum atomic E-state index is -1.80. The van der Waals surface area contributed by atoms with E-state index in [-0.39, 0.29) is 48.1 Å². The number of epoxide rings is 2. The summed E-state index contributed by atoms with van der Waals surface area (Å²) in [7, 11) is 0. The van der Waals surface area contributed by atoms with Crippen LogP contribution in [0.4, 0.5) is 0 Å². The topological polar surface area (TPSA) is 138 Å². The predicted octanol–water partition coefficient (Wildman–Crippen LogP) is 6.40. The maximum atomic E-state index is 13.9. The highest BCUT2D eigenvalue weighted by Gasteiger charge is 2.58. The summed E-state index contributed by atoms with van der Waals surface area (Å²) in [6.45, 7) is 12.0. The molecule has 9 heteroatoms. The number of rotatable bonds is 3. The van der Waals surface area contributed by atoms with Crippen LogP contribution in [0.15, 0.2) is 23.3 Å². The lowest BCUT2D eigenvalue weighted by Gasteiger charge is -2.46. The fourth-order valence-corrected chi connectivity index (χ4v) is 9.43. The van der Waals surface area contributed by atoms with Gasteiger partial charge >= 0.3 is 11.9 Å². The minimum absolute atomic E-state index is 0.0616. The van der Waals surface area contributed by atoms with Crippen LogP contribution in [0.5, 0.6) is 0 Å². The van der Waals surface area contributed by atoms with Crippen LogP contribution in [0.1, 0.15) is 144 Å². The van der Waals surface area contributed by atoms with Gasteiger partial charge in [-0.3, -0.25) is 4.79 Å². The quantitative estimate of drug-likeness (QED) is 0.175. The average molecular weight is 687 g/mol. The fraction of sp³-hybridized carbons (Fsp3) is 0.850. The number of aliphatic hydroxyl groups is 3. The molecule has 12 atom stereocenters. The monoisotopic (exact) mass is 686 g/mol. The molecule has 2 aliphatic carbocycles. The second kappa shape index (κ2) is 13.6. The first kappa shape index (κ1) is 37.0. The van der Waals surface area contributed by atoms with Crippen molar-refractivity contribution in [3.63, 3.8) is 0 Å². The Balaban J connectivity index is 1.20. The smallest absolute Gasteiger partial charge is 0.338 e. The van der Waals surface area contributed by atoms with Crippen molar-refractivity contribution in [3.05, 3.63) is 23.3 Å². The molecule has 4 bridgehead atoms. The molecule has 276 valence electrons. The van der Waals surface area contributed by atoms with E-state index in [2.05, 4.69) is 39.8 Å². The number of carbonyl (C=O) groups excluding carboxylic acids is 2. The van der Waals surface area contributed by atoms with Crippen molar-refractivity contribution in [2.75, 3.05) is 0 Å². The van der Waals surface area contributed by atoms with Gasteiger partial charge in [0.25, 0.3) is 0 Å². The lowest BCUT2D eigenvalue weighted by molar-refractivity contribution is -0.215. The zero-order chi connectivity index (χ0) is 35.4. The molecule has 0 radical (unpaired) electrons. The molecule has 3 N–H and O–H groups in total. The highest BCUT2D eigenvalue weighted by Crippen LogP contribution is 2.50. The third-order valence-corrected chi connectivity index (χ3v) is 13.6. The predicted molar refractivity (Wildman–Crippen MR) is 184 cm³/mol. The molecule has 4 aliphatic heterocycles. The second-order valence-corrected chi connectivity index (χ2v) is 17.7. The molecule has 0 aromatic heterocycles. The van der Waals surface area contributed by atoms with E-state index in [0.717, 1.165) is 38.5 Å². The van der Waals surface area contributed by atoms with E-state index in [1.165, 1.54) is 11.1 Å². The van der Waals surface area contributed by atoms with Crippen LogP contribution in [0.25, 0.3) is 0 Å². The Morgan fingerprint density at radius 3 is 1.80 bits per heavy atom. The van der Waals surface area contributed by atoms with Crippen LogP contribution in [0.3, 0.4) is 0 Å². The molecule has 0 amide bonds. The third kappa shape index (κ3) is 8.01. The first-order valence-corrected chi connectivity index (χ1v) is 19.2. The van der Waals surface area contributed by atoms with Gasteiger partial charge in [0.15, 0.2) is 5.60 Å². The number of carbonyl (C=O) groups is 2. The first-order chi connectivity index (χ1) is 22.9. The van der Waals surface area contributed by atoms with E-state index in [1.807, 2.05) is 0 Å². The van der Waals surface area contributed by atoms with E-state index in [0.29, 0.717) is 51.4 Å². The molecule has 0 aromatic rings. The van der Waals surface area contributed by atoms with Gasteiger partial charge in [0.2, 0.25) is 0 Å². The van der Waals surface area contributed by atoms with E-state index in [1.54, 1.807) is 13.8 Å². The van der Waals surface area contributed by atoms with E-state index in [9.17, 15) is 24.9 Å². The van der Waals surface area contributed by atoms with Gasteiger partial charge in [-0.1, -0.05) is 23.3 Å². The summed E-state index contributed by atoms with van der Waals surface area (Å²) >= 11 is 0. The van der Waals surface area contributed by atoms with Gasteiger partial charge in [0.05, 0.1) is 40.5 Å². The zero-order valence-electron chi connectivity index (χ0n) is 30.8. The van der Waals surface area contributed by atoms with Gasteiger partial charge in [0, 0.05) is 5.92 Å². The summed E-state index contributed by atoms with van der Waals surface area (Å²) in [6.07, 6.45) is 13.4. The van der Waals surface area contributed by atoms with Crippen LogP contribution in [-0.2, 0) is 28.5 Å². The van der Waals surface area contributed by atoms with Gasteiger partial charge in [-0.25, -0.2) is 4.79 Å². The van der Waals surface area contributed by atoms with Crippen molar-refractivity contribution in [1.82, 2.24) is 0 Å². The van der Waals surface area contributed by atoms with E-state index in [4.69, 9.17) is 18.9 Å². The normalized spacial score (nSPS) is 50.3. The third-order valence-electron chi connectivity index (χ3n) is 13.6. The summed E-state index contributed by atoms with van der Waals surface area (Å²) in [4.78, 5) is 27.7. The largest absolute Gasteiger partial charge is 0.459 e. The lowest BCUT2D eigenvalue weighted by Crippen LogP contribution is -2.58. The first-order valence-electron chi connectivity index (χ1n) is 19.2. The van der Waals surface area contributed by atoms with Crippen LogP contribution >= 0.6 is 0 Å². The van der Waals surface area contributed by atoms with E-state index < -0.39 is 46.8 Å². The maximum Gasteiger partial charge on any atom is 0.338 e. The maximum absolute atomic E-state index is 13.9. The molecule has 0 spiro atoms. The molecule has 4 heterocycles.